The maximum absolute atomic E-state index is 13.3. The molecule has 1 saturated heterocycles. The van der Waals surface area contributed by atoms with Gasteiger partial charge in [-0.1, -0.05) is 47.1 Å². The summed E-state index contributed by atoms with van der Waals surface area (Å²) in [5.41, 5.74) is 1.26. The van der Waals surface area contributed by atoms with Gasteiger partial charge in [0.1, 0.15) is 12.2 Å². The van der Waals surface area contributed by atoms with Crippen LogP contribution in [0.5, 0.6) is 0 Å². The first-order chi connectivity index (χ1) is 14.3. The summed E-state index contributed by atoms with van der Waals surface area (Å²) in [5, 5.41) is 3.05. The molecule has 156 valence electrons. The zero-order chi connectivity index (χ0) is 21.5. The van der Waals surface area contributed by atoms with Crippen LogP contribution in [0.15, 0.2) is 53.0 Å². The van der Waals surface area contributed by atoms with E-state index in [2.05, 4.69) is 21.2 Å². The van der Waals surface area contributed by atoms with Crippen molar-refractivity contribution >= 4 is 39.3 Å². The second-order valence-corrected chi connectivity index (χ2v) is 8.85. The maximum Gasteiger partial charge on any atom is 0.258 e. The van der Waals surface area contributed by atoms with Crippen LogP contribution in [0, 0.1) is 0 Å². The Kier molecular flexibility index (Phi) is 5.40. The molecule has 1 fully saturated rings. The van der Waals surface area contributed by atoms with Crippen LogP contribution in [-0.4, -0.2) is 34.8 Å². The highest BCUT2D eigenvalue weighted by Crippen LogP contribution is 2.43. The predicted octanol–water partition coefficient (Wildman–Crippen LogP) is 4.02. The number of halogens is 1. The van der Waals surface area contributed by atoms with Crippen molar-refractivity contribution in [1.82, 2.24) is 10.2 Å². The van der Waals surface area contributed by atoms with Crippen molar-refractivity contribution in [3.05, 3.63) is 64.1 Å². The van der Waals surface area contributed by atoms with Crippen LogP contribution >= 0.6 is 15.9 Å². The zero-order valence-corrected chi connectivity index (χ0v) is 18.6. The fraction of sp³-hybridized carbons (Fsp3) is 0.348. The third kappa shape index (κ3) is 3.41. The molecule has 7 heteroatoms. The van der Waals surface area contributed by atoms with Gasteiger partial charge >= 0.3 is 0 Å². The first-order valence-corrected chi connectivity index (χ1v) is 10.9. The van der Waals surface area contributed by atoms with Crippen LogP contribution < -0.4 is 10.2 Å². The Balaban J connectivity index is 1.59. The summed E-state index contributed by atoms with van der Waals surface area (Å²) >= 11 is 3.43. The monoisotopic (exact) mass is 469 g/mol. The molecule has 2 aliphatic heterocycles. The van der Waals surface area contributed by atoms with Crippen molar-refractivity contribution in [2.45, 2.75) is 44.8 Å². The van der Waals surface area contributed by atoms with Gasteiger partial charge in [-0.2, -0.15) is 0 Å². The number of nitrogens with one attached hydrogen (secondary N) is 1. The van der Waals surface area contributed by atoms with Gasteiger partial charge in [-0.15, -0.1) is 0 Å². The van der Waals surface area contributed by atoms with Gasteiger partial charge in [0.15, 0.2) is 0 Å². The van der Waals surface area contributed by atoms with Crippen molar-refractivity contribution in [2.24, 2.45) is 0 Å². The largest absolute Gasteiger partial charge is 0.348 e. The summed E-state index contributed by atoms with van der Waals surface area (Å²) in [6, 6.07) is 14.8. The van der Waals surface area contributed by atoms with Gasteiger partial charge in [0.25, 0.3) is 5.91 Å². The molecule has 0 bridgehead atoms. The smallest absolute Gasteiger partial charge is 0.258 e. The van der Waals surface area contributed by atoms with E-state index >= 15 is 0 Å². The number of fused-ring (bicyclic) bond motifs is 3. The first kappa shape index (κ1) is 20.6. The number of amides is 3. The van der Waals surface area contributed by atoms with Crippen molar-refractivity contribution in [3.63, 3.8) is 0 Å². The van der Waals surface area contributed by atoms with E-state index in [0.29, 0.717) is 24.1 Å². The number of rotatable bonds is 5. The molecule has 0 aliphatic carbocycles. The molecule has 30 heavy (non-hydrogen) atoms. The standard InChI is InChI=1S/C23H24BrN3O3/c1-3-18(15-8-10-16(24)11-9-15)25-20(28)14-26-22(30)17-6-4-5-7-19(17)27-21(29)12-13-23(26,27)2/h4-11,18H,3,12-14H2,1-2H3,(H,25,28). The van der Waals surface area contributed by atoms with Crippen LogP contribution in [0.25, 0.3) is 0 Å². The minimum atomic E-state index is -0.834. The number of carbonyl (C=O) groups is 3. The van der Waals surface area contributed by atoms with Crippen LogP contribution in [0.1, 0.15) is 55.1 Å². The fourth-order valence-electron chi connectivity index (χ4n) is 4.44. The highest BCUT2D eigenvalue weighted by molar-refractivity contribution is 9.10. The highest BCUT2D eigenvalue weighted by Gasteiger charge is 2.53. The molecular weight excluding hydrogens is 446 g/mol. The van der Waals surface area contributed by atoms with E-state index in [1.54, 1.807) is 28.0 Å². The molecule has 0 radical (unpaired) electrons. The molecule has 6 nitrogen and oxygen atoms in total. The summed E-state index contributed by atoms with van der Waals surface area (Å²) < 4.78 is 0.976. The Bertz CT molecular complexity index is 1010. The molecule has 2 unspecified atom stereocenters. The summed E-state index contributed by atoms with van der Waals surface area (Å²) in [6.07, 6.45) is 1.59. The van der Waals surface area contributed by atoms with E-state index in [1.165, 1.54) is 0 Å². The fourth-order valence-corrected chi connectivity index (χ4v) is 4.71. The minimum absolute atomic E-state index is 0.0239. The van der Waals surface area contributed by atoms with Gasteiger partial charge in [0, 0.05) is 10.9 Å². The lowest BCUT2D eigenvalue weighted by molar-refractivity contribution is -0.124. The number of carbonyl (C=O) groups excluding carboxylic acids is 3. The lowest BCUT2D eigenvalue weighted by Crippen LogP contribution is -2.63. The molecule has 2 aliphatic rings. The van der Waals surface area contributed by atoms with Gasteiger partial charge in [-0.3, -0.25) is 19.3 Å². The van der Waals surface area contributed by atoms with Gasteiger partial charge in [-0.05, 0) is 49.6 Å². The van der Waals surface area contributed by atoms with Gasteiger partial charge in [0.05, 0.1) is 17.3 Å². The van der Waals surface area contributed by atoms with Crippen LogP contribution in [0.2, 0.25) is 0 Å². The van der Waals surface area contributed by atoms with Crippen molar-refractivity contribution < 1.29 is 14.4 Å². The van der Waals surface area contributed by atoms with Crippen LogP contribution in [0.4, 0.5) is 5.69 Å². The Hall–Kier alpha value is -2.67. The van der Waals surface area contributed by atoms with E-state index < -0.39 is 5.66 Å². The SMILES string of the molecule is CCC(NC(=O)CN1C(=O)c2ccccc2N2C(=O)CCC12C)c1ccc(Br)cc1. The lowest BCUT2D eigenvalue weighted by Gasteiger charge is -2.48. The molecule has 4 rings (SSSR count). The molecule has 3 amide bonds. The molecule has 2 aromatic rings. The summed E-state index contributed by atoms with van der Waals surface area (Å²) in [6.45, 7) is 3.78. The molecule has 2 aromatic carbocycles. The Morgan fingerprint density at radius 1 is 1.17 bits per heavy atom. The number of hydrogen-bond donors (Lipinski definition) is 1. The molecule has 0 saturated carbocycles. The molecular formula is C23H24BrN3O3. The van der Waals surface area contributed by atoms with E-state index in [4.69, 9.17) is 0 Å². The van der Waals surface area contributed by atoms with Gasteiger partial charge < -0.3 is 10.2 Å². The number of para-hydroxylation sites is 1. The van der Waals surface area contributed by atoms with Crippen molar-refractivity contribution in [1.29, 1.82) is 0 Å². The molecule has 2 atom stereocenters. The number of hydrogen-bond acceptors (Lipinski definition) is 3. The van der Waals surface area contributed by atoms with E-state index in [1.807, 2.05) is 44.2 Å². The average molecular weight is 470 g/mol. The van der Waals surface area contributed by atoms with E-state index in [9.17, 15) is 14.4 Å². The summed E-state index contributed by atoms with van der Waals surface area (Å²) in [7, 11) is 0. The maximum atomic E-state index is 13.3. The summed E-state index contributed by atoms with van der Waals surface area (Å²) in [4.78, 5) is 42.1. The topological polar surface area (TPSA) is 69.7 Å². The third-order valence-corrected chi connectivity index (χ3v) is 6.59. The van der Waals surface area contributed by atoms with Gasteiger partial charge in [0.2, 0.25) is 11.8 Å². The normalized spacial score (nSPS) is 21.3. The highest BCUT2D eigenvalue weighted by atomic mass is 79.9. The first-order valence-electron chi connectivity index (χ1n) is 10.1. The average Bonchev–Trinajstić information content (AvgIpc) is 3.05. The predicted molar refractivity (Wildman–Crippen MR) is 118 cm³/mol. The van der Waals surface area contributed by atoms with E-state index in [0.717, 1.165) is 16.5 Å². The zero-order valence-electron chi connectivity index (χ0n) is 17.0. The van der Waals surface area contributed by atoms with Crippen molar-refractivity contribution in [2.75, 3.05) is 11.4 Å². The second-order valence-electron chi connectivity index (χ2n) is 7.93. The Labute approximate surface area is 184 Å². The molecule has 2 heterocycles. The molecule has 0 spiro atoms. The minimum Gasteiger partial charge on any atom is -0.348 e. The van der Waals surface area contributed by atoms with E-state index in [-0.39, 0.29) is 30.3 Å². The quantitative estimate of drug-likeness (QED) is 0.718. The lowest BCUT2D eigenvalue weighted by atomic mass is 9.98. The van der Waals surface area contributed by atoms with Gasteiger partial charge in [-0.25, -0.2) is 0 Å². The Morgan fingerprint density at radius 2 is 1.87 bits per heavy atom. The summed E-state index contributed by atoms with van der Waals surface area (Å²) in [5.74, 6) is -0.479. The number of nitrogens with zero attached hydrogens (tertiary/aromatic N) is 2. The Morgan fingerprint density at radius 3 is 2.57 bits per heavy atom. The van der Waals surface area contributed by atoms with Crippen molar-refractivity contribution in [3.8, 4) is 0 Å². The molecule has 1 N–H and O–H groups in total. The molecule has 0 aromatic heterocycles. The van der Waals surface area contributed by atoms with Crippen LogP contribution in [-0.2, 0) is 9.59 Å². The number of benzene rings is 2. The number of anilines is 1. The van der Waals surface area contributed by atoms with Crippen LogP contribution in [0.3, 0.4) is 0 Å². The second kappa shape index (κ2) is 7.87. The third-order valence-electron chi connectivity index (χ3n) is 6.06.